The number of carbonyl (C=O) groups is 2. The van der Waals surface area contributed by atoms with Gasteiger partial charge in [-0.25, -0.2) is 9.48 Å². The monoisotopic (exact) mass is 389 g/mol. The smallest absolute Gasteiger partial charge is 0.339 e. The summed E-state index contributed by atoms with van der Waals surface area (Å²) in [6.45, 7) is 3.91. The predicted molar refractivity (Wildman–Crippen MR) is 109 cm³/mol. The van der Waals surface area contributed by atoms with Crippen LogP contribution in [-0.2, 0) is 9.53 Å². The number of amides is 1. The fourth-order valence-corrected chi connectivity index (χ4v) is 3.21. The molecule has 0 spiro atoms. The minimum Gasteiger partial charge on any atom is -0.444 e. The van der Waals surface area contributed by atoms with Gasteiger partial charge >= 0.3 is 5.97 Å². The van der Waals surface area contributed by atoms with E-state index >= 15 is 0 Å². The first-order valence-electron chi connectivity index (χ1n) is 9.71. The maximum absolute atomic E-state index is 12.7. The highest BCUT2D eigenvalue weighted by atomic mass is 16.5. The van der Waals surface area contributed by atoms with Crippen LogP contribution in [-0.4, -0.2) is 27.7 Å². The Morgan fingerprint density at radius 2 is 1.76 bits per heavy atom. The van der Waals surface area contributed by atoms with Crippen molar-refractivity contribution < 1.29 is 14.3 Å². The zero-order valence-corrected chi connectivity index (χ0v) is 16.5. The number of hydrogen-bond acceptors (Lipinski definition) is 4. The Hall–Kier alpha value is -3.41. The Morgan fingerprint density at radius 3 is 2.34 bits per heavy atom. The average molecular weight is 389 g/mol. The van der Waals surface area contributed by atoms with Gasteiger partial charge in [0, 0.05) is 17.3 Å². The highest BCUT2D eigenvalue weighted by Crippen LogP contribution is 2.24. The number of carbonyl (C=O) groups excluding carboxylic acids is 2. The first-order chi connectivity index (χ1) is 14.0. The van der Waals surface area contributed by atoms with Crippen molar-refractivity contribution in [2.75, 3.05) is 0 Å². The van der Waals surface area contributed by atoms with Crippen LogP contribution in [0.2, 0.25) is 0 Å². The molecular formula is C23H23N3O3. The molecule has 1 aromatic heterocycles. The third-order valence-electron chi connectivity index (χ3n) is 4.85. The van der Waals surface area contributed by atoms with Crippen molar-refractivity contribution in [1.82, 2.24) is 15.1 Å². The number of esters is 1. The van der Waals surface area contributed by atoms with Gasteiger partial charge in [-0.1, -0.05) is 30.3 Å². The molecule has 0 aliphatic heterocycles. The van der Waals surface area contributed by atoms with Crippen LogP contribution in [0.4, 0.5) is 0 Å². The van der Waals surface area contributed by atoms with Crippen LogP contribution in [0.25, 0.3) is 5.69 Å². The van der Waals surface area contributed by atoms with E-state index in [1.54, 1.807) is 24.3 Å². The van der Waals surface area contributed by atoms with E-state index in [1.807, 2.05) is 54.9 Å². The number of aromatic nitrogens is 2. The molecule has 1 N–H and O–H groups in total. The summed E-state index contributed by atoms with van der Waals surface area (Å²) in [5.74, 6) is -0.823. The molecular weight excluding hydrogens is 366 g/mol. The summed E-state index contributed by atoms with van der Waals surface area (Å²) in [7, 11) is 0. The van der Waals surface area contributed by atoms with Crippen molar-refractivity contribution in [3.8, 4) is 5.69 Å². The van der Waals surface area contributed by atoms with E-state index in [0.29, 0.717) is 11.1 Å². The van der Waals surface area contributed by atoms with Crippen LogP contribution < -0.4 is 5.32 Å². The van der Waals surface area contributed by atoms with Gasteiger partial charge in [-0.2, -0.15) is 5.10 Å². The fraction of sp³-hybridized carbons (Fsp3) is 0.261. The molecule has 1 aliphatic carbocycles. The van der Waals surface area contributed by atoms with Gasteiger partial charge in [0.05, 0.1) is 16.9 Å². The number of benzene rings is 2. The minimum atomic E-state index is -0.972. The highest BCUT2D eigenvalue weighted by molar-refractivity contribution is 5.93. The van der Waals surface area contributed by atoms with Crippen molar-refractivity contribution in [3.63, 3.8) is 0 Å². The van der Waals surface area contributed by atoms with E-state index in [2.05, 4.69) is 10.4 Å². The molecule has 2 aromatic carbocycles. The second kappa shape index (κ2) is 7.91. The topological polar surface area (TPSA) is 73.2 Å². The van der Waals surface area contributed by atoms with Crippen molar-refractivity contribution in [1.29, 1.82) is 0 Å². The second-order valence-corrected chi connectivity index (χ2v) is 7.36. The Labute approximate surface area is 169 Å². The van der Waals surface area contributed by atoms with Crippen LogP contribution in [0, 0.1) is 13.8 Å². The SMILES string of the molecule is Cc1cc(C)n(-c2ccc(C(=O)OC(C(=O)NC3CC3)c3ccccc3)cc2)n1. The third-order valence-corrected chi connectivity index (χ3v) is 4.85. The van der Waals surface area contributed by atoms with Crippen LogP contribution in [0.15, 0.2) is 60.7 Å². The molecule has 0 bridgehead atoms. The Kier molecular flexibility index (Phi) is 5.16. The largest absolute Gasteiger partial charge is 0.444 e. The molecule has 148 valence electrons. The van der Waals surface area contributed by atoms with Gasteiger partial charge in [0.15, 0.2) is 0 Å². The summed E-state index contributed by atoms with van der Waals surface area (Å²) in [6, 6.07) is 18.3. The molecule has 6 nitrogen and oxygen atoms in total. The molecule has 1 atom stereocenters. The van der Waals surface area contributed by atoms with Crippen LogP contribution in [0.5, 0.6) is 0 Å². The Balaban J connectivity index is 1.52. The van der Waals surface area contributed by atoms with Crippen LogP contribution >= 0.6 is 0 Å². The summed E-state index contributed by atoms with van der Waals surface area (Å²) in [6.07, 6.45) is 0.962. The predicted octanol–water partition coefficient (Wildman–Crippen LogP) is 3.67. The number of ether oxygens (including phenoxy) is 1. The molecule has 4 rings (SSSR count). The van der Waals surface area contributed by atoms with Gasteiger partial charge in [-0.3, -0.25) is 4.79 Å². The molecule has 1 saturated carbocycles. The maximum Gasteiger partial charge on any atom is 0.339 e. The van der Waals surface area contributed by atoms with E-state index < -0.39 is 12.1 Å². The van der Waals surface area contributed by atoms with Crippen molar-refractivity contribution >= 4 is 11.9 Å². The first kappa shape index (κ1) is 18.9. The second-order valence-electron chi connectivity index (χ2n) is 7.36. The number of rotatable bonds is 6. The summed E-state index contributed by atoms with van der Waals surface area (Å²) >= 11 is 0. The summed E-state index contributed by atoms with van der Waals surface area (Å²) in [5, 5.41) is 7.37. The standard InChI is InChI=1S/C23H23N3O3/c1-15-14-16(2)26(25-15)20-12-8-18(9-13-20)23(28)29-21(17-6-4-3-5-7-17)22(27)24-19-10-11-19/h3-9,12-14,19,21H,10-11H2,1-2H3,(H,24,27). The fourth-order valence-electron chi connectivity index (χ4n) is 3.21. The van der Waals surface area contributed by atoms with Crippen LogP contribution in [0.1, 0.15) is 46.3 Å². The molecule has 0 saturated heterocycles. The zero-order valence-electron chi connectivity index (χ0n) is 16.5. The number of aryl methyl sites for hydroxylation is 2. The first-order valence-corrected chi connectivity index (χ1v) is 9.71. The third kappa shape index (κ3) is 4.37. The van der Waals surface area contributed by atoms with Gasteiger partial charge in [-0.05, 0) is 57.0 Å². The normalized spacial score (nSPS) is 14.3. The lowest BCUT2D eigenvalue weighted by Gasteiger charge is -2.18. The molecule has 29 heavy (non-hydrogen) atoms. The van der Waals surface area contributed by atoms with Gasteiger partial charge < -0.3 is 10.1 Å². The molecule has 0 radical (unpaired) electrons. The summed E-state index contributed by atoms with van der Waals surface area (Å²) in [5.41, 5.74) is 3.84. The molecule has 1 amide bonds. The Morgan fingerprint density at radius 1 is 1.07 bits per heavy atom. The zero-order chi connectivity index (χ0) is 20.4. The molecule has 1 aliphatic rings. The van der Waals surface area contributed by atoms with Crippen LogP contribution in [0.3, 0.4) is 0 Å². The number of hydrogen-bond donors (Lipinski definition) is 1. The lowest BCUT2D eigenvalue weighted by molar-refractivity contribution is -0.130. The van der Waals surface area contributed by atoms with Crippen molar-refractivity contribution in [3.05, 3.63) is 83.2 Å². The van der Waals surface area contributed by atoms with Gasteiger partial charge in [-0.15, -0.1) is 0 Å². The highest BCUT2D eigenvalue weighted by Gasteiger charge is 2.31. The molecule has 1 unspecified atom stereocenters. The molecule has 1 fully saturated rings. The van der Waals surface area contributed by atoms with E-state index in [1.165, 1.54) is 0 Å². The van der Waals surface area contributed by atoms with Gasteiger partial charge in [0.1, 0.15) is 0 Å². The van der Waals surface area contributed by atoms with Crippen molar-refractivity contribution in [2.45, 2.75) is 38.8 Å². The molecule has 6 heteroatoms. The average Bonchev–Trinajstić information content (AvgIpc) is 3.48. The minimum absolute atomic E-state index is 0.187. The lowest BCUT2D eigenvalue weighted by atomic mass is 10.1. The lowest BCUT2D eigenvalue weighted by Crippen LogP contribution is -2.33. The maximum atomic E-state index is 12.7. The summed E-state index contributed by atoms with van der Waals surface area (Å²) in [4.78, 5) is 25.4. The number of nitrogens with one attached hydrogen (secondary N) is 1. The summed E-state index contributed by atoms with van der Waals surface area (Å²) < 4.78 is 7.43. The number of nitrogens with zero attached hydrogens (tertiary/aromatic N) is 2. The van der Waals surface area contributed by atoms with E-state index in [0.717, 1.165) is 29.9 Å². The van der Waals surface area contributed by atoms with Gasteiger partial charge in [0.25, 0.3) is 5.91 Å². The molecule has 1 heterocycles. The Bertz CT molecular complexity index is 1020. The van der Waals surface area contributed by atoms with E-state index in [4.69, 9.17) is 4.74 Å². The van der Waals surface area contributed by atoms with Crippen molar-refractivity contribution in [2.24, 2.45) is 0 Å². The quantitative estimate of drug-likeness (QED) is 0.653. The van der Waals surface area contributed by atoms with E-state index in [-0.39, 0.29) is 11.9 Å². The molecule has 3 aromatic rings. The van der Waals surface area contributed by atoms with E-state index in [9.17, 15) is 9.59 Å². The van der Waals surface area contributed by atoms with Gasteiger partial charge in [0.2, 0.25) is 6.10 Å².